The summed E-state index contributed by atoms with van der Waals surface area (Å²) in [6.45, 7) is 6.45. The van der Waals surface area contributed by atoms with Gasteiger partial charge in [0.1, 0.15) is 12.0 Å². The summed E-state index contributed by atoms with van der Waals surface area (Å²) in [5, 5.41) is 21.9. The predicted octanol–water partition coefficient (Wildman–Crippen LogP) is 1.10. The topological polar surface area (TPSA) is 66.8 Å². The summed E-state index contributed by atoms with van der Waals surface area (Å²) in [4.78, 5) is 12.2. The molecule has 0 aromatic carbocycles. The molecule has 4 rings (SSSR count). The van der Waals surface area contributed by atoms with Crippen molar-refractivity contribution in [3.05, 3.63) is 0 Å². The van der Waals surface area contributed by atoms with Crippen molar-refractivity contribution in [3.8, 4) is 0 Å². The summed E-state index contributed by atoms with van der Waals surface area (Å²) < 4.78 is 5.21. The van der Waals surface area contributed by atoms with Crippen LogP contribution >= 0.6 is 0 Å². The quantitative estimate of drug-likeness (QED) is 0.644. The van der Waals surface area contributed by atoms with Gasteiger partial charge in [0, 0.05) is 0 Å². The predicted molar refractivity (Wildman–Crippen MR) is 67.1 cm³/mol. The number of carbonyl (C=O) groups is 1. The standard InChI is InChI=1S/C15H22O4/c1-12(2)4-8-9(5-12)13(3,18)15-6-14(15,10(8)16)7-19-11(15)17/h8-10,16,18H,4-7H2,1-3H3/t8-,9+,10-,13-,14-,15+/m0/s1. The van der Waals surface area contributed by atoms with E-state index in [-0.39, 0.29) is 29.8 Å². The molecule has 4 fully saturated rings. The Morgan fingerprint density at radius 2 is 1.95 bits per heavy atom. The molecule has 0 unspecified atom stereocenters. The van der Waals surface area contributed by atoms with Crippen molar-refractivity contribution < 1.29 is 19.7 Å². The Labute approximate surface area is 113 Å². The molecule has 1 aliphatic heterocycles. The normalized spacial score (nSPS) is 61.1. The zero-order valence-electron chi connectivity index (χ0n) is 11.8. The van der Waals surface area contributed by atoms with Crippen LogP contribution < -0.4 is 0 Å². The van der Waals surface area contributed by atoms with Crippen LogP contribution in [-0.2, 0) is 9.53 Å². The number of ether oxygens (including phenoxy) is 1. The van der Waals surface area contributed by atoms with E-state index in [2.05, 4.69) is 13.8 Å². The molecule has 3 aliphatic carbocycles. The highest BCUT2D eigenvalue weighted by molar-refractivity contribution is 5.87. The molecule has 0 aromatic heterocycles. The second-order valence-electron chi connectivity index (χ2n) is 8.25. The first-order valence-electron chi connectivity index (χ1n) is 7.26. The van der Waals surface area contributed by atoms with Crippen LogP contribution in [0.15, 0.2) is 0 Å². The van der Waals surface area contributed by atoms with E-state index in [0.717, 1.165) is 12.8 Å². The highest BCUT2D eigenvalue weighted by Gasteiger charge is 2.90. The van der Waals surface area contributed by atoms with Crippen molar-refractivity contribution in [3.63, 3.8) is 0 Å². The second kappa shape index (κ2) is 2.86. The van der Waals surface area contributed by atoms with Crippen LogP contribution in [0.25, 0.3) is 0 Å². The largest absolute Gasteiger partial charge is 0.464 e. The maximum Gasteiger partial charge on any atom is 0.315 e. The van der Waals surface area contributed by atoms with Crippen molar-refractivity contribution in [1.82, 2.24) is 0 Å². The summed E-state index contributed by atoms with van der Waals surface area (Å²) in [7, 11) is 0. The van der Waals surface area contributed by atoms with Gasteiger partial charge in [0.05, 0.1) is 17.1 Å². The third kappa shape index (κ3) is 1.03. The fourth-order valence-corrected chi connectivity index (χ4v) is 5.81. The molecule has 2 N–H and O–H groups in total. The van der Waals surface area contributed by atoms with Crippen molar-refractivity contribution in [2.24, 2.45) is 28.1 Å². The maximum atomic E-state index is 12.2. The Kier molecular flexibility index (Phi) is 1.83. The van der Waals surface area contributed by atoms with E-state index in [1.807, 2.05) is 0 Å². The Balaban J connectivity index is 1.85. The lowest BCUT2D eigenvalue weighted by molar-refractivity contribution is -0.172. The van der Waals surface area contributed by atoms with E-state index >= 15 is 0 Å². The lowest BCUT2D eigenvalue weighted by Crippen LogP contribution is -2.58. The van der Waals surface area contributed by atoms with Gasteiger partial charge in [-0.2, -0.15) is 0 Å². The summed E-state index contributed by atoms with van der Waals surface area (Å²) >= 11 is 0. The first kappa shape index (κ1) is 12.2. The number of aliphatic hydroxyl groups excluding tert-OH is 1. The Morgan fingerprint density at radius 1 is 1.26 bits per heavy atom. The van der Waals surface area contributed by atoms with E-state index in [1.54, 1.807) is 6.92 Å². The average molecular weight is 266 g/mol. The number of rotatable bonds is 0. The molecule has 3 saturated carbocycles. The molecule has 6 atom stereocenters. The minimum atomic E-state index is -1.04. The smallest absolute Gasteiger partial charge is 0.315 e. The van der Waals surface area contributed by atoms with Gasteiger partial charge in [-0.05, 0) is 43.4 Å². The van der Waals surface area contributed by atoms with Crippen LogP contribution in [0.1, 0.15) is 40.0 Å². The zero-order valence-corrected chi connectivity index (χ0v) is 11.8. The van der Waals surface area contributed by atoms with Crippen molar-refractivity contribution in [1.29, 1.82) is 0 Å². The number of hydrogen-bond donors (Lipinski definition) is 2. The van der Waals surface area contributed by atoms with Crippen molar-refractivity contribution in [2.75, 3.05) is 6.61 Å². The van der Waals surface area contributed by atoms with Crippen LogP contribution in [0.2, 0.25) is 0 Å². The minimum absolute atomic E-state index is 0.00113. The molecule has 1 heterocycles. The molecule has 0 aromatic rings. The third-order valence-corrected chi connectivity index (χ3v) is 6.75. The SMILES string of the molecule is CC1(C)C[C@H]2[C@@H](C1)[C@](C)(O)[C@]13C[C@]1(COC3=O)[C@H]2O. The number of cyclic esters (lactones) is 1. The first-order chi connectivity index (χ1) is 8.68. The van der Waals surface area contributed by atoms with Crippen LogP contribution in [0.3, 0.4) is 0 Å². The second-order valence-corrected chi connectivity index (χ2v) is 8.25. The van der Waals surface area contributed by atoms with Gasteiger partial charge >= 0.3 is 5.97 Å². The number of fused-ring (bicyclic) bond motifs is 1. The van der Waals surface area contributed by atoms with Gasteiger partial charge < -0.3 is 14.9 Å². The van der Waals surface area contributed by atoms with E-state index in [1.165, 1.54) is 0 Å². The highest BCUT2D eigenvalue weighted by Crippen LogP contribution is 2.81. The monoisotopic (exact) mass is 266 g/mol. The van der Waals surface area contributed by atoms with Gasteiger partial charge in [-0.25, -0.2) is 0 Å². The van der Waals surface area contributed by atoms with Gasteiger partial charge in [-0.3, -0.25) is 4.79 Å². The molecule has 19 heavy (non-hydrogen) atoms. The van der Waals surface area contributed by atoms with Gasteiger partial charge in [-0.1, -0.05) is 13.8 Å². The molecule has 0 bridgehead atoms. The third-order valence-electron chi connectivity index (χ3n) is 6.75. The molecular weight excluding hydrogens is 244 g/mol. The van der Waals surface area contributed by atoms with Crippen LogP contribution in [0.5, 0.6) is 0 Å². The summed E-state index contributed by atoms with van der Waals surface area (Å²) in [5.74, 6) is -0.200. The minimum Gasteiger partial charge on any atom is -0.464 e. The average Bonchev–Trinajstić information content (AvgIpc) is 2.80. The molecule has 106 valence electrons. The molecule has 0 spiro atoms. The Bertz CT molecular complexity index is 483. The van der Waals surface area contributed by atoms with Crippen LogP contribution in [0.4, 0.5) is 0 Å². The van der Waals surface area contributed by atoms with E-state index in [9.17, 15) is 15.0 Å². The van der Waals surface area contributed by atoms with E-state index < -0.39 is 22.5 Å². The number of esters is 1. The fourth-order valence-electron chi connectivity index (χ4n) is 5.81. The van der Waals surface area contributed by atoms with Gasteiger partial charge in [0.15, 0.2) is 0 Å². The first-order valence-corrected chi connectivity index (χ1v) is 7.26. The fraction of sp³-hybridized carbons (Fsp3) is 0.933. The van der Waals surface area contributed by atoms with Gasteiger partial charge in [0.25, 0.3) is 0 Å². The summed E-state index contributed by atoms with van der Waals surface area (Å²) in [5.41, 5.74) is -2.25. The lowest BCUT2D eigenvalue weighted by Gasteiger charge is -2.47. The number of hydrogen-bond acceptors (Lipinski definition) is 4. The van der Waals surface area contributed by atoms with E-state index in [0.29, 0.717) is 6.42 Å². The van der Waals surface area contributed by atoms with Crippen molar-refractivity contribution in [2.45, 2.75) is 51.7 Å². The molecule has 4 aliphatic rings. The lowest BCUT2D eigenvalue weighted by atomic mass is 9.60. The zero-order chi connectivity index (χ0) is 13.8. The Morgan fingerprint density at radius 3 is 2.63 bits per heavy atom. The van der Waals surface area contributed by atoms with Gasteiger partial charge in [0.2, 0.25) is 0 Å². The van der Waals surface area contributed by atoms with Gasteiger partial charge in [-0.15, -0.1) is 0 Å². The van der Waals surface area contributed by atoms with Crippen LogP contribution in [0, 0.1) is 28.1 Å². The van der Waals surface area contributed by atoms with E-state index in [4.69, 9.17) is 4.74 Å². The summed E-state index contributed by atoms with van der Waals surface area (Å²) in [6.07, 6.45) is 1.87. The van der Waals surface area contributed by atoms with Crippen molar-refractivity contribution >= 4 is 5.97 Å². The molecule has 4 nitrogen and oxygen atoms in total. The maximum absolute atomic E-state index is 12.2. The molecule has 0 amide bonds. The number of carbonyl (C=O) groups excluding carboxylic acids is 1. The summed E-state index contributed by atoms with van der Waals surface area (Å²) in [6, 6.07) is 0. The van der Waals surface area contributed by atoms with Crippen LogP contribution in [-0.4, -0.2) is 34.5 Å². The Hall–Kier alpha value is -0.610. The molecular formula is C15H22O4. The highest BCUT2D eigenvalue weighted by atomic mass is 16.5. The molecule has 1 saturated heterocycles. The number of aliphatic hydroxyl groups is 2. The molecule has 0 radical (unpaired) electrons. The molecule has 4 heteroatoms.